The molecule has 0 radical (unpaired) electrons. The number of anilines is 1. The summed E-state index contributed by atoms with van der Waals surface area (Å²) in [6.45, 7) is 3.25. The van der Waals surface area contributed by atoms with Crippen LogP contribution in [-0.2, 0) is 0 Å². The van der Waals surface area contributed by atoms with E-state index in [-0.39, 0.29) is 5.78 Å². The molecule has 0 saturated heterocycles. The molecule has 3 nitrogen and oxygen atoms in total. The SMILES string of the molecule is CC(=O)c1cc(F)c2nc(C)cc(N(C)C)c2c1. The molecule has 0 fully saturated rings. The van der Waals surface area contributed by atoms with Crippen LogP contribution < -0.4 is 4.90 Å². The second-order valence-corrected chi connectivity index (χ2v) is 4.59. The van der Waals surface area contributed by atoms with Gasteiger partial charge < -0.3 is 4.90 Å². The van der Waals surface area contributed by atoms with Crippen LogP contribution in [0.25, 0.3) is 10.9 Å². The van der Waals surface area contributed by atoms with Crippen LogP contribution >= 0.6 is 0 Å². The normalized spacial score (nSPS) is 10.7. The molecule has 2 rings (SSSR count). The van der Waals surface area contributed by atoms with E-state index < -0.39 is 5.82 Å². The molecule has 0 unspecified atom stereocenters. The van der Waals surface area contributed by atoms with Gasteiger partial charge in [-0.05, 0) is 32.0 Å². The maximum absolute atomic E-state index is 14.0. The Kier molecular flexibility index (Phi) is 3.03. The number of carbonyl (C=O) groups is 1. The number of aromatic nitrogens is 1. The van der Waals surface area contributed by atoms with Gasteiger partial charge in [-0.15, -0.1) is 0 Å². The zero-order valence-electron chi connectivity index (χ0n) is 10.9. The molecule has 0 N–H and O–H groups in total. The van der Waals surface area contributed by atoms with E-state index in [2.05, 4.69) is 4.98 Å². The number of Topliss-reactive ketones (excluding diaryl/α,β-unsaturated/α-hetero) is 1. The zero-order chi connectivity index (χ0) is 13.4. The van der Waals surface area contributed by atoms with E-state index in [1.54, 1.807) is 6.07 Å². The van der Waals surface area contributed by atoms with E-state index in [9.17, 15) is 9.18 Å². The highest BCUT2D eigenvalue weighted by Crippen LogP contribution is 2.28. The molecule has 1 aromatic carbocycles. The minimum atomic E-state index is -0.454. The van der Waals surface area contributed by atoms with Crippen molar-refractivity contribution in [2.75, 3.05) is 19.0 Å². The average Bonchev–Trinajstić information content (AvgIpc) is 2.28. The molecule has 0 atom stereocenters. The predicted molar refractivity (Wildman–Crippen MR) is 70.8 cm³/mol. The predicted octanol–water partition coefficient (Wildman–Crippen LogP) is 2.95. The summed E-state index contributed by atoms with van der Waals surface area (Å²) in [4.78, 5) is 17.5. The monoisotopic (exact) mass is 246 g/mol. The molecule has 0 aliphatic carbocycles. The zero-order valence-corrected chi connectivity index (χ0v) is 10.9. The van der Waals surface area contributed by atoms with Crippen molar-refractivity contribution >= 4 is 22.4 Å². The molecule has 0 aliphatic heterocycles. The Morgan fingerprint density at radius 1 is 1.28 bits per heavy atom. The molecule has 1 heterocycles. The fraction of sp³-hybridized carbons (Fsp3) is 0.286. The Morgan fingerprint density at radius 2 is 1.94 bits per heavy atom. The van der Waals surface area contributed by atoms with Crippen molar-refractivity contribution in [3.63, 3.8) is 0 Å². The van der Waals surface area contributed by atoms with E-state index in [0.717, 1.165) is 11.4 Å². The smallest absolute Gasteiger partial charge is 0.159 e. The van der Waals surface area contributed by atoms with Crippen molar-refractivity contribution in [2.24, 2.45) is 0 Å². The highest BCUT2D eigenvalue weighted by molar-refractivity contribution is 6.01. The third-order valence-corrected chi connectivity index (χ3v) is 2.86. The van der Waals surface area contributed by atoms with Gasteiger partial charge in [-0.3, -0.25) is 4.79 Å². The molecule has 0 aliphatic rings. The quantitative estimate of drug-likeness (QED) is 0.764. The van der Waals surface area contributed by atoms with E-state index in [4.69, 9.17) is 0 Å². The van der Waals surface area contributed by atoms with Gasteiger partial charge in [0.25, 0.3) is 0 Å². The Balaban J connectivity index is 2.88. The highest BCUT2D eigenvalue weighted by Gasteiger charge is 2.13. The Bertz CT molecular complexity index is 635. The standard InChI is InChI=1S/C14H15FN2O/c1-8-5-13(17(3)4)11-6-10(9(2)18)7-12(15)14(11)16-8/h5-7H,1-4H3. The van der Waals surface area contributed by atoms with Crippen molar-refractivity contribution < 1.29 is 9.18 Å². The first kappa shape index (κ1) is 12.5. The Hall–Kier alpha value is -1.97. The lowest BCUT2D eigenvalue weighted by Gasteiger charge is -2.16. The van der Waals surface area contributed by atoms with Crippen molar-refractivity contribution in [3.8, 4) is 0 Å². The molecule has 18 heavy (non-hydrogen) atoms. The number of ketones is 1. The minimum absolute atomic E-state index is 0.152. The summed E-state index contributed by atoms with van der Waals surface area (Å²) in [5, 5.41) is 0.663. The molecular formula is C14H15FN2O. The van der Waals surface area contributed by atoms with Crippen molar-refractivity contribution in [1.82, 2.24) is 4.98 Å². The van der Waals surface area contributed by atoms with Crippen LogP contribution in [0.15, 0.2) is 18.2 Å². The lowest BCUT2D eigenvalue weighted by Crippen LogP contribution is -2.10. The summed E-state index contributed by atoms with van der Waals surface area (Å²) in [7, 11) is 3.76. The Morgan fingerprint density at radius 3 is 2.50 bits per heavy atom. The first-order chi connectivity index (χ1) is 8.40. The number of halogens is 1. The molecule has 4 heteroatoms. The number of rotatable bonds is 2. The fourth-order valence-corrected chi connectivity index (χ4v) is 1.97. The van der Waals surface area contributed by atoms with E-state index in [0.29, 0.717) is 16.5 Å². The lowest BCUT2D eigenvalue weighted by molar-refractivity contribution is 0.101. The van der Waals surface area contributed by atoms with Crippen LogP contribution in [-0.4, -0.2) is 24.9 Å². The summed E-state index contributed by atoms with van der Waals surface area (Å²) in [5.41, 5.74) is 2.29. The number of fused-ring (bicyclic) bond motifs is 1. The molecule has 2 aromatic rings. The van der Waals surface area contributed by atoms with Gasteiger partial charge in [0.2, 0.25) is 0 Å². The summed E-state index contributed by atoms with van der Waals surface area (Å²) in [6, 6.07) is 4.82. The number of hydrogen-bond donors (Lipinski definition) is 0. The second-order valence-electron chi connectivity index (χ2n) is 4.59. The molecule has 0 bridgehead atoms. The van der Waals surface area contributed by atoms with Crippen LogP contribution in [0.4, 0.5) is 10.1 Å². The first-order valence-corrected chi connectivity index (χ1v) is 5.69. The van der Waals surface area contributed by atoms with Crippen molar-refractivity contribution in [2.45, 2.75) is 13.8 Å². The fourth-order valence-electron chi connectivity index (χ4n) is 1.97. The number of aryl methyl sites for hydroxylation is 1. The second kappa shape index (κ2) is 4.37. The lowest BCUT2D eigenvalue weighted by atomic mass is 10.1. The minimum Gasteiger partial charge on any atom is -0.377 e. The van der Waals surface area contributed by atoms with Gasteiger partial charge in [-0.1, -0.05) is 0 Å². The van der Waals surface area contributed by atoms with Gasteiger partial charge in [-0.2, -0.15) is 0 Å². The summed E-state index contributed by atoms with van der Waals surface area (Å²) >= 11 is 0. The molecule has 0 spiro atoms. The number of benzene rings is 1. The molecule has 94 valence electrons. The maximum Gasteiger partial charge on any atom is 0.159 e. The average molecular weight is 246 g/mol. The van der Waals surface area contributed by atoms with Gasteiger partial charge >= 0.3 is 0 Å². The molecule has 0 saturated carbocycles. The molecular weight excluding hydrogens is 231 g/mol. The number of carbonyl (C=O) groups excluding carboxylic acids is 1. The maximum atomic E-state index is 14.0. The van der Waals surface area contributed by atoms with Crippen molar-refractivity contribution in [3.05, 3.63) is 35.3 Å². The van der Waals surface area contributed by atoms with Crippen molar-refractivity contribution in [1.29, 1.82) is 0 Å². The first-order valence-electron chi connectivity index (χ1n) is 5.69. The third-order valence-electron chi connectivity index (χ3n) is 2.86. The molecule has 0 amide bonds. The summed E-state index contributed by atoms with van der Waals surface area (Å²) in [6.07, 6.45) is 0. The largest absolute Gasteiger partial charge is 0.377 e. The van der Waals surface area contributed by atoms with E-state index in [1.807, 2.05) is 32.0 Å². The number of hydrogen-bond acceptors (Lipinski definition) is 3. The van der Waals surface area contributed by atoms with Gasteiger partial charge in [0.15, 0.2) is 5.78 Å². The van der Waals surface area contributed by atoms with E-state index in [1.165, 1.54) is 13.0 Å². The van der Waals surface area contributed by atoms with Crippen LogP contribution in [0.5, 0.6) is 0 Å². The van der Waals surface area contributed by atoms with Gasteiger partial charge in [-0.25, -0.2) is 9.37 Å². The third kappa shape index (κ3) is 2.06. The van der Waals surface area contributed by atoms with Crippen LogP contribution in [0.2, 0.25) is 0 Å². The highest BCUT2D eigenvalue weighted by atomic mass is 19.1. The Labute approximate surface area is 105 Å². The van der Waals surface area contributed by atoms with Crippen LogP contribution in [0.1, 0.15) is 23.0 Å². The van der Waals surface area contributed by atoms with E-state index >= 15 is 0 Å². The van der Waals surface area contributed by atoms with Gasteiger partial charge in [0, 0.05) is 36.4 Å². The number of nitrogens with zero attached hydrogens (tertiary/aromatic N) is 2. The van der Waals surface area contributed by atoms with Crippen LogP contribution in [0, 0.1) is 12.7 Å². The summed E-state index contributed by atoms with van der Waals surface area (Å²) < 4.78 is 14.0. The molecule has 1 aromatic heterocycles. The number of pyridine rings is 1. The summed E-state index contributed by atoms with van der Waals surface area (Å²) in [5.74, 6) is -0.606. The van der Waals surface area contributed by atoms with Crippen LogP contribution in [0.3, 0.4) is 0 Å². The van der Waals surface area contributed by atoms with Gasteiger partial charge in [0.05, 0.1) is 0 Å². The topological polar surface area (TPSA) is 33.2 Å². The van der Waals surface area contributed by atoms with Gasteiger partial charge in [0.1, 0.15) is 11.3 Å².